The molecule has 1 N–H and O–H groups in total. The highest BCUT2D eigenvalue weighted by Gasteiger charge is 2.32. The average molecular weight is 378 g/mol. The van der Waals surface area contributed by atoms with Crippen molar-refractivity contribution >= 4 is 34.6 Å². The lowest BCUT2D eigenvalue weighted by atomic mass is 10.1. The van der Waals surface area contributed by atoms with Crippen molar-refractivity contribution in [3.63, 3.8) is 0 Å². The second kappa shape index (κ2) is 7.32. The van der Waals surface area contributed by atoms with Crippen molar-refractivity contribution in [3.05, 3.63) is 70.6 Å². The molecule has 0 spiro atoms. The molecule has 0 aromatic heterocycles. The molecule has 0 radical (unpaired) electrons. The topological polar surface area (TPSA) is 62.1 Å². The number of para-hydroxylation sites is 1. The molecule has 2 aromatic rings. The number of aromatic hydroxyl groups is 1. The number of carbonyl (C=O) groups excluding carboxylic acids is 1. The van der Waals surface area contributed by atoms with E-state index in [9.17, 15) is 9.90 Å². The van der Waals surface area contributed by atoms with Crippen LogP contribution in [0, 0.1) is 0 Å². The maximum atomic E-state index is 12.8. The molecule has 2 aliphatic rings. The van der Waals surface area contributed by atoms with E-state index in [4.69, 9.17) is 4.74 Å². The molecular weight excluding hydrogens is 360 g/mol. The lowest BCUT2D eigenvalue weighted by Gasteiger charge is -2.16. The SMILES string of the molecule is CCN1C(=O)/C(=C/C2=Cc3ccccc3OC2)SC1=Nc1cccc(O)c1. The van der Waals surface area contributed by atoms with Gasteiger partial charge < -0.3 is 9.84 Å². The number of fused-ring (bicyclic) bond motifs is 1. The standard InChI is InChI=1S/C21H18N2O3S/c1-2-23-20(25)19(27-21(23)22-16-7-5-8-17(24)12-16)11-14-10-15-6-3-4-9-18(15)26-13-14/h3-12,24H,2,13H2,1H3/b19-11-,22-21?. The fourth-order valence-electron chi connectivity index (χ4n) is 2.93. The molecule has 4 rings (SSSR count). The number of hydrogen-bond donors (Lipinski definition) is 1. The number of nitrogens with zero attached hydrogens (tertiary/aromatic N) is 2. The zero-order valence-electron chi connectivity index (χ0n) is 14.8. The van der Waals surface area contributed by atoms with Crippen LogP contribution in [0.2, 0.25) is 0 Å². The van der Waals surface area contributed by atoms with Crippen LogP contribution in [0.5, 0.6) is 11.5 Å². The molecule has 2 heterocycles. The van der Waals surface area contributed by atoms with Crippen LogP contribution >= 0.6 is 11.8 Å². The molecule has 2 aromatic carbocycles. The summed E-state index contributed by atoms with van der Waals surface area (Å²) in [6, 6.07) is 14.5. The lowest BCUT2D eigenvalue weighted by Crippen LogP contribution is -2.28. The van der Waals surface area contributed by atoms with Gasteiger partial charge in [-0.15, -0.1) is 0 Å². The highest BCUT2D eigenvalue weighted by atomic mass is 32.2. The molecule has 0 saturated carbocycles. The Morgan fingerprint density at radius 3 is 2.93 bits per heavy atom. The third kappa shape index (κ3) is 3.61. The molecule has 0 unspecified atom stereocenters. The Morgan fingerprint density at radius 1 is 1.26 bits per heavy atom. The van der Waals surface area contributed by atoms with E-state index < -0.39 is 0 Å². The third-order valence-electron chi connectivity index (χ3n) is 4.23. The summed E-state index contributed by atoms with van der Waals surface area (Å²) in [5.41, 5.74) is 2.56. The Hall–Kier alpha value is -2.99. The largest absolute Gasteiger partial charge is 0.508 e. The summed E-state index contributed by atoms with van der Waals surface area (Å²) in [6.07, 6.45) is 3.91. The third-order valence-corrected chi connectivity index (χ3v) is 5.24. The van der Waals surface area contributed by atoms with E-state index in [1.807, 2.05) is 43.3 Å². The Labute approximate surface area is 161 Å². The van der Waals surface area contributed by atoms with Crippen molar-refractivity contribution in [1.82, 2.24) is 4.90 Å². The molecular formula is C21H18N2O3S. The van der Waals surface area contributed by atoms with Crippen LogP contribution in [-0.2, 0) is 4.79 Å². The zero-order chi connectivity index (χ0) is 18.8. The Kier molecular flexibility index (Phi) is 4.73. The van der Waals surface area contributed by atoms with Crippen molar-refractivity contribution in [3.8, 4) is 11.5 Å². The van der Waals surface area contributed by atoms with Crippen LogP contribution in [0.3, 0.4) is 0 Å². The highest BCUT2D eigenvalue weighted by molar-refractivity contribution is 8.18. The monoisotopic (exact) mass is 378 g/mol. The molecule has 5 nitrogen and oxygen atoms in total. The van der Waals surface area contributed by atoms with E-state index in [0.717, 1.165) is 16.9 Å². The smallest absolute Gasteiger partial charge is 0.266 e. The predicted molar refractivity (Wildman–Crippen MR) is 108 cm³/mol. The van der Waals surface area contributed by atoms with Crippen LogP contribution < -0.4 is 4.74 Å². The molecule has 0 bridgehead atoms. The number of carbonyl (C=O) groups is 1. The van der Waals surface area contributed by atoms with E-state index in [1.54, 1.807) is 29.2 Å². The first kappa shape index (κ1) is 17.4. The van der Waals surface area contributed by atoms with Crippen molar-refractivity contribution in [1.29, 1.82) is 0 Å². The van der Waals surface area contributed by atoms with E-state index in [1.165, 1.54) is 11.8 Å². The first-order chi connectivity index (χ1) is 13.1. The van der Waals surface area contributed by atoms with Gasteiger partial charge in [0.2, 0.25) is 0 Å². The van der Waals surface area contributed by atoms with E-state index in [0.29, 0.717) is 28.9 Å². The molecule has 27 heavy (non-hydrogen) atoms. The fraction of sp³-hybridized carbons (Fsp3) is 0.143. The number of benzene rings is 2. The van der Waals surface area contributed by atoms with Crippen molar-refractivity contribution in [2.45, 2.75) is 6.92 Å². The van der Waals surface area contributed by atoms with Gasteiger partial charge in [0, 0.05) is 18.2 Å². The van der Waals surface area contributed by atoms with Crippen molar-refractivity contribution in [2.75, 3.05) is 13.2 Å². The quantitative estimate of drug-likeness (QED) is 0.808. The molecule has 0 atom stereocenters. The number of phenolic OH excluding ortho intramolecular Hbond substituents is 1. The van der Waals surface area contributed by atoms with Gasteiger partial charge >= 0.3 is 0 Å². The van der Waals surface area contributed by atoms with Gasteiger partial charge in [0.1, 0.15) is 18.1 Å². The number of hydrogen-bond acceptors (Lipinski definition) is 5. The summed E-state index contributed by atoms with van der Waals surface area (Å²) in [7, 11) is 0. The zero-order valence-corrected chi connectivity index (χ0v) is 15.6. The van der Waals surface area contributed by atoms with E-state index in [2.05, 4.69) is 4.99 Å². The van der Waals surface area contributed by atoms with E-state index >= 15 is 0 Å². The summed E-state index contributed by atoms with van der Waals surface area (Å²) in [6.45, 7) is 2.87. The molecule has 6 heteroatoms. The van der Waals surface area contributed by atoms with Crippen LogP contribution in [-0.4, -0.2) is 34.2 Å². The number of rotatable bonds is 3. The number of ether oxygens (including phenoxy) is 1. The maximum Gasteiger partial charge on any atom is 0.266 e. The average Bonchev–Trinajstić information content (AvgIpc) is 2.96. The first-order valence-electron chi connectivity index (χ1n) is 8.65. The molecule has 1 amide bonds. The molecule has 1 saturated heterocycles. The number of phenols is 1. The van der Waals surface area contributed by atoms with Crippen molar-refractivity contribution in [2.24, 2.45) is 4.99 Å². The number of amides is 1. The minimum Gasteiger partial charge on any atom is -0.508 e. The molecule has 0 aliphatic carbocycles. The van der Waals surface area contributed by atoms with E-state index in [-0.39, 0.29) is 11.7 Å². The first-order valence-corrected chi connectivity index (χ1v) is 9.47. The summed E-state index contributed by atoms with van der Waals surface area (Å²) in [5.74, 6) is 0.931. The number of aliphatic imine (C=N–C) groups is 1. The minimum atomic E-state index is -0.0684. The van der Waals surface area contributed by atoms with Gasteiger partial charge in [-0.2, -0.15) is 0 Å². The second-order valence-electron chi connectivity index (χ2n) is 6.12. The van der Waals surface area contributed by atoms with Gasteiger partial charge in [-0.1, -0.05) is 24.3 Å². The van der Waals surface area contributed by atoms with Gasteiger partial charge in [0.25, 0.3) is 5.91 Å². The van der Waals surface area contributed by atoms with Crippen LogP contribution in [0.1, 0.15) is 12.5 Å². The van der Waals surface area contributed by atoms with Gasteiger partial charge in [0.05, 0.1) is 10.6 Å². The molecule has 136 valence electrons. The highest BCUT2D eigenvalue weighted by Crippen LogP contribution is 2.35. The van der Waals surface area contributed by atoms with Crippen LogP contribution in [0.15, 0.2) is 70.1 Å². The van der Waals surface area contributed by atoms with Crippen LogP contribution in [0.25, 0.3) is 6.08 Å². The summed E-state index contributed by atoms with van der Waals surface area (Å²) >= 11 is 1.34. The molecule has 2 aliphatic heterocycles. The Bertz CT molecular complexity index is 994. The van der Waals surface area contributed by atoms with Crippen LogP contribution in [0.4, 0.5) is 5.69 Å². The van der Waals surface area contributed by atoms with Gasteiger partial charge in [-0.3, -0.25) is 9.69 Å². The number of likely N-dealkylation sites (N-methyl/N-ethyl adjacent to an activating group) is 1. The summed E-state index contributed by atoms with van der Waals surface area (Å²) in [5, 5.41) is 10.2. The predicted octanol–water partition coefficient (Wildman–Crippen LogP) is 4.33. The second-order valence-corrected chi connectivity index (χ2v) is 7.13. The number of thioether (sulfide) groups is 1. The summed E-state index contributed by atoms with van der Waals surface area (Å²) in [4.78, 5) is 19.5. The van der Waals surface area contributed by atoms with Gasteiger partial charge in [0.15, 0.2) is 5.17 Å². The molecule has 1 fully saturated rings. The Morgan fingerprint density at radius 2 is 2.11 bits per heavy atom. The van der Waals surface area contributed by atoms with Gasteiger partial charge in [-0.25, -0.2) is 4.99 Å². The lowest BCUT2D eigenvalue weighted by molar-refractivity contribution is -0.122. The number of amidine groups is 1. The fourth-order valence-corrected chi connectivity index (χ4v) is 4.01. The minimum absolute atomic E-state index is 0.0684. The summed E-state index contributed by atoms with van der Waals surface area (Å²) < 4.78 is 5.77. The Balaban J connectivity index is 1.64. The van der Waals surface area contributed by atoms with Gasteiger partial charge in [-0.05, 0) is 54.6 Å². The van der Waals surface area contributed by atoms with Crippen molar-refractivity contribution < 1.29 is 14.6 Å². The maximum absolute atomic E-state index is 12.8. The normalized spacial score (nSPS) is 19.2.